The Kier molecular flexibility index (Phi) is 7.23. The standard InChI is InChI=1S/C25H21ClN2O3S2/c26-20-13-15-21(16-14-20)33(30,31)17-7-12-22(29)27-25-28-23(18-8-3-1-4-9-18)24(32-25)19-10-5-2-6-11-19/h1-6,8-11,13-16H,7,12,17H2,(H,27,28,29). The van der Waals surface area contributed by atoms with Gasteiger partial charge in [-0.1, -0.05) is 83.6 Å². The molecular formula is C25H21ClN2O3S2. The second-order valence-electron chi connectivity index (χ2n) is 7.35. The summed E-state index contributed by atoms with van der Waals surface area (Å²) in [6.45, 7) is 0. The van der Waals surface area contributed by atoms with E-state index in [4.69, 9.17) is 11.6 Å². The van der Waals surface area contributed by atoms with Crippen LogP contribution in [0.5, 0.6) is 0 Å². The van der Waals surface area contributed by atoms with Crippen LogP contribution in [-0.4, -0.2) is 25.1 Å². The molecule has 3 aromatic carbocycles. The highest BCUT2D eigenvalue weighted by Crippen LogP contribution is 2.38. The highest BCUT2D eigenvalue weighted by Gasteiger charge is 2.18. The van der Waals surface area contributed by atoms with Crippen LogP contribution >= 0.6 is 22.9 Å². The molecule has 4 rings (SSSR count). The van der Waals surface area contributed by atoms with Gasteiger partial charge < -0.3 is 5.32 Å². The van der Waals surface area contributed by atoms with Gasteiger partial charge in [0.15, 0.2) is 15.0 Å². The summed E-state index contributed by atoms with van der Waals surface area (Å²) < 4.78 is 24.9. The monoisotopic (exact) mass is 496 g/mol. The van der Waals surface area contributed by atoms with Crippen LogP contribution in [0.4, 0.5) is 5.13 Å². The Balaban J connectivity index is 1.45. The van der Waals surface area contributed by atoms with Crippen molar-refractivity contribution in [2.75, 3.05) is 11.1 Å². The zero-order valence-corrected chi connectivity index (χ0v) is 20.0. The molecule has 168 valence electrons. The summed E-state index contributed by atoms with van der Waals surface area (Å²) in [7, 11) is -3.47. The van der Waals surface area contributed by atoms with E-state index in [1.54, 1.807) is 0 Å². The highest BCUT2D eigenvalue weighted by molar-refractivity contribution is 7.91. The van der Waals surface area contributed by atoms with Crippen molar-refractivity contribution in [2.24, 2.45) is 0 Å². The van der Waals surface area contributed by atoms with Gasteiger partial charge in [-0.3, -0.25) is 4.79 Å². The van der Waals surface area contributed by atoms with Crippen molar-refractivity contribution in [2.45, 2.75) is 17.7 Å². The van der Waals surface area contributed by atoms with Gasteiger partial charge in [-0.15, -0.1) is 0 Å². The van der Waals surface area contributed by atoms with E-state index in [2.05, 4.69) is 10.3 Å². The largest absolute Gasteiger partial charge is 0.302 e. The van der Waals surface area contributed by atoms with E-state index in [9.17, 15) is 13.2 Å². The number of thiazole rings is 1. The lowest BCUT2D eigenvalue weighted by atomic mass is 10.1. The summed E-state index contributed by atoms with van der Waals surface area (Å²) >= 11 is 7.22. The van der Waals surface area contributed by atoms with Gasteiger partial charge in [-0.25, -0.2) is 13.4 Å². The Hall–Kier alpha value is -3.00. The van der Waals surface area contributed by atoms with Crippen molar-refractivity contribution in [1.82, 2.24) is 4.98 Å². The maximum atomic E-state index is 12.5. The van der Waals surface area contributed by atoms with E-state index < -0.39 is 9.84 Å². The Labute approximate surface area is 202 Å². The average Bonchev–Trinajstić information content (AvgIpc) is 3.24. The lowest BCUT2D eigenvalue weighted by molar-refractivity contribution is -0.116. The second-order valence-corrected chi connectivity index (χ2v) is 10.9. The molecule has 0 fully saturated rings. The number of halogens is 1. The number of hydrogen-bond donors (Lipinski definition) is 1. The van der Waals surface area contributed by atoms with Gasteiger partial charge in [0.2, 0.25) is 5.91 Å². The van der Waals surface area contributed by atoms with E-state index in [-0.39, 0.29) is 29.4 Å². The van der Waals surface area contributed by atoms with Gasteiger partial charge in [-0.2, -0.15) is 0 Å². The fourth-order valence-electron chi connectivity index (χ4n) is 3.31. The quantitative estimate of drug-likeness (QED) is 0.309. The molecule has 0 atom stereocenters. The van der Waals surface area contributed by atoms with Gasteiger partial charge in [0.25, 0.3) is 0 Å². The number of nitrogens with zero attached hydrogens (tertiary/aromatic N) is 1. The van der Waals surface area contributed by atoms with Crippen molar-refractivity contribution in [3.8, 4) is 21.7 Å². The normalized spacial score (nSPS) is 11.3. The maximum Gasteiger partial charge on any atom is 0.226 e. The molecule has 0 unspecified atom stereocenters. The molecule has 33 heavy (non-hydrogen) atoms. The van der Waals surface area contributed by atoms with Crippen LogP contribution in [0.2, 0.25) is 5.02 Å². The van der Waals surface area contributed by atoms with Crippen LogP contribution in [0.15, 0.2) is 89.8 Å². The minimum Gasteiger partial charge on any atom is -0.302 e. The van der Waals surface area contributed by atoms with Crippen LogP contribution in [-0.2, 0) is 14.6 Å². The lowest BCUT2D eigenvalue weighted by Gasteiger charge is -2.05. The predicted molar refractivity (Wildman–Crippen MR) is 134 cm³/mol. The number of benzene rings is 3. The summed E-state index contributed by atoms with van der Waals surface area (Å²) in [6, 6.07) is 25.7. The molecule has 0 aliphatic rings. The van der Waals surface area contributed by atoms with Crippen LogP contribution in [0.25, 0.3) is 21.7 Å². The third-order valence-corrected chi connectivity index (χ3v) is 8.03. The van der Waals surface area contributed by atoms with Crippen LogP contribution in [0.3, 0.4) is 0 Å². The molecule has 0 radical (unpaired) electrons. The molecular weight excluding hydrogens is 476 g/mol. The minimum absolute atomic E-state index is 0.0771. The molecule has 0 spiro atoms. The summed E-state index contributed by atoms with van der Waals surface area (Å²) in [4.78, 5) is 18.3. The molecule has 0 saturated carbocycles. The molecule has 1 aromatic heterocycles. The van der Waals surface area contributed by atoms with Crippen molar-refractivity contribution in [3.63, 3.8) is 0 Å². The molecule has 4 aromatic rings. The SMILES string of the molecule is O=C(CCCS(=O)(=O)c1ccc(Cl)cc1)Nc1nc(-c2ccccc2)c(-c2ccccc2)s1. The van der Waals surface area contributed by atoms with Crippen LogP contribution < -0.4 is 5.32 Å². The summed E-state index contributed by atoms with van der Waals surface area (Å²) in [5.41, 5.74) is 2.78. The number of carbonyl (C=O) groups is 1. The van der Waals surface area contributed by atoms with E-state index in [0.29, 0.717) is 10.2 Å². The number of rotatable bonds is 8. The van der Waals surface area contributed by atoms with E-state index >= 15 is 0 Å². The van der Waals surface area contributed by atoms with Gasteiger partial charge in [0.05, 0.1) is 21.2 Å². The molecule has 1 amide bonds. The first-order chi connectivity index (χ1) is 15.9. The fraction of sp³-hybridized carbons (Fsp3) is 0.120. The second kappa shape index (κ2) is 10.3. The number of amides is 1. The molecule has 0 bridgehead atoms. The average molecular weight is 497 g/mol. The van der Waals surface area contributed by atoms with E-state index in [1.165, 1.54) is 35.6 Å². The molecule has 0 saturated heterocycles. The molecule has 0 aliphatic heterocycles. The van der Waals surface area contributed by atoms with Crippen molar-refractivity contribution in [1.29, 1.82) is 0 Å². The number of aromatic nitrogens is 1. The summed E-state index contributed by atoms with van der Waals surface area (Å²) in [5, 5.41) is 3.79. The number of anilines is 1. The Morgan fingerprint density at radius 1 is 0.879 bits per heavy atom. The lowest BCUT2D eigenvalue weighted by Crippen LogP contribution is -2.14. The Morgan fingerprint density at radius 3 is 2.12 bits per heavy atom. The van der Waals surface area contributed by atoms with Gasteiger partial charge >= 0.3 is 0 Å². The Bertz CT molecular complexity index is 1280. The van der Waals surface area contributed by atoms with Gasteiger partial charge in [0.1, 0.15) is 0 Å². The predicted octanol–water partition coefficient (Wildman–Crippen LogP) is 6.32. The minimum atomic E-state index is -3.47. The fourth-order valence-corrected chi connectivity index (χ4v) is 5.76. The molecule has 1 N–H and O–H groups in total. The third kappa shape index (κ3) is 5.87. The highest BCUT2D eigenvalue weighted by atomic mass is 35.5. The van der Waals surface area contributed by atoms with Crippen molar-refractivity contribution >= 4 is 43.8 Å². The topological polar surface area (TPSA) is 76.1 Å². The van der Waals surface area contributed by atoms with E-state index in [0.717, 1.165) is 21.7 Å². The number of hydrogen-bond acceptors (Lipinski definition) is 5. The summed E-state index contributed by atoms with van der Waals surface area (Å²) in [6.07, 6.45) is 0.285. The number of nitrogens with one attached hydrogen (secondary N) is 1. The van der Waals surface area contributed by atoms with Crippen molar-refractivity contribution in [3.05, 3.63) is 90.0 Å². The number of sulfone groups is 1. The molecule has 0 aliphatic carbocycles. The van der Waals surface area contributed by atoms with Gasteiger partial charge in [-0.05, 0) is 36.2 Å². The smallest absolute Gasteiger partial charge is 0.226 e. The van der Waals surface area contributed by atoms with Crippen LogP contribution in [0, 0.1) is 0 Å². The first kappa shape index (κ1) is 23.2. The van der Waals surface area contributed by atoms with E-state index in [1.807, 2.05) is 60.7 Å². The zero-order valence-electron chi connectivity index (χ0n) is 17.6. The van der Waals surface area contributed by atoms with Crippen LogP contribution in [0.1, 0.15) is 12.8 Å². The maximum absolute atomic E-state index is 12.5. The first-order valence-electron chi connectivity index (χ1n) is 10.3. The van der Waals surface area contributed by atoms with Crippen molar-refractivity contribution < 1.29 is 13.2 Å². The zero-order chi connectivity index (χ0) is 23.3. The first-order valence-corrected chi connectivity index (χ1v) is 13.2. The molecule has 1 heterocycles. The van der Waals surface area contributed by atoms with Gasteiger partial charge in [0, 0.05) is 17.0 Å². The number of carbonyl (C=O) groups excluding carboxylic acids is 1. The molecule has 8 heteroatoms. The third-order valence-electron chi connectivity index (χ3n) is 4.95. The molecule has 5 nitrogen and oxygen atoms in total. The Morgan fingerprint density at radius 2 is 1.48 bits per heavy atom. The summed E-state index contributed by atoms with van der Waals surface area (Å²) in [5.74, 6) is -0.390.